The third kappa shape index (κ3) is 5.86. The molecule has 0 unspecified atom stereocenters. The number of pyridine rings is 1. The highest BCUT2D eigenvalue weighted by Crippen LogP contribution is 2.21. The minimum absolute atomic E-state index is 0.0289. The Morgan fingerprint density at radius 3 is 2.52 bits per heavy atom. The number of benzene rings is 2. The molecule has 0 spiro atoms. The summed E-state index contributed by atoms with van der Waals surface area (Å²) in [5.74, 6) is 0.799. The van der Waals surface area contributed by atoms with E-state index in [-0.39, 0.29) is 5.91 Å². The zero-order valence-electron chi connectivity index (χ0n) is 17.2. The normalized spacial score (nSPS) is 14.1. The van der Waals surface area contributed by atoms with Gasteiger partial charge in [0.05, 0.1) is 5.69 Å². The van der Waals surface area contributed by atoms with Crippen LogP contribution in [0, 0.1) is 0 Å². The van der Waals surface area contributed by atoms with E-state index in [2.05, 4.69) is 9.88 Å². The van der Waals surface area contributed by atoms with Crippen LogP contribution < -0.4 is 9.64 Å². The summed E-state index contributed by atoms with van der Waals surface area (Å²) in [5.41, 5.74) is 2.93. The van der Waals surface area contributed by atoms with Gasteiger partial charge in [0.2, 0.25) is 5.91 Å². The van der Waals surface area contributed by atoms with E-state index in [1.807, 2.05) is 77.7 Å². The summed E-state index contributed by atoms with van der Waals surface area (Å²) in [6, 6.07) is 21.3. The Labute approximate surface area is 187 Å². The summed E-state index contributed by atoms with van der Waals surface area (Å²) in [6.45, 7) is 3.39. The number of hydrogen-bond acceptors (Lipinski definition) is 4. The first kappa shape index (κ1) is 20.9. The maximum absolute atomic E-state index is 12.6. The van der Waals surface area contributed by atoms with Gasteiger partial charge in [-0.3, -0.25) is 9.78 Å². The van der Waals surface area contributed by atoms with Gasteiger partial charge in [-0.15, -0.1) is 0 Å². The number of nitrogens with zero attached hydrogens (tertiary/aromatic N) is 3. The minimum atomic E-state index is 0.0289. The molecule has 4 rings (SSSR count). The van der Waals surface area contributed by atoms with Crippen LogP contribution in [0.5, 0.6) is 5.75 Å². The fourth-order valence-electron chi connectivity index (χ4n) is 3.45. The van der Waals surface area contributed by atoms with Crippen LogP contribution in [-0.4, -0.2) is 42.0 Å². The monoisotopic (exact) mass is 433 g/mol. The Hall–Kier alpha value is -3.31. The van der Waals surface area contributed by atoms with Gasteiger partial charge in [-0.05, 0) is 54.1 Å². The SMILES string of the molecule is O=C(/C=C/c1ccc(OCc2ccccn2)cc1)N1CCN(c2cccc(Cl)c2)CC1. The number of anilines is 1. The Morgan fingerprint density at radius 2 is 1.81 bits per heavy atom. The van der Waals surface area contributed by atoms with Gasteiger partial charge in [0.25, 0.3) is 0 Å². The maximum atomic E-state index is 12.6. The highest BCUT2D eigenvalue weighted by Gasteiger charge is 2.19. The van der Waals surface area contributed by atoms with Crippen LogP contribution in [0.15, 0.2) is 79.0 Å². The van der Waals surface area contributed by atoms with Crippen molar-refractivity contribution in [1.82, 2.24) is 9.88 Å². The summed E-state index contributed by atoms with van der Waals surface area (Å²) in [4.78, 5) is 20.9. The van der Waals surface area contributed by atoms with Crippen molar-refractivity contribution in [2.75, 3.05) is 31.1 Å². The number of halogens is 1. The molecule has 0 aliphatic carbocycles. The lowest BCUT2D eigenvalue weighted by Crippen LogP contribution is -2.48. The Bertz CT molecular complexity index is 1030. The minimum Gasteiger partial charge on any atom is -0.487 e. The number of aromatic nitrogens is 1. The van der Waals surface area contributed by atoms with E-state index in [1.165, 1.54) is 0 Å². The number of carbonyl (C=O) groups is 1. The smallest absolute Gasteiger partial charge is 0.246 e. The first-order chi connectivity index (χ1) is 15.2. The third-order valence-corrected chi connectivity index (χ3v) is 5.41. The number of amides is 1. The van der Waals surface area contributed by atoms with E-state index in [1.54, 1.807) is 12.3 Å². The largest absolute Gasteiger partial charge is 0.487 e. The van der Waals surface area contributed by atoms with Gasteiger partial charge in [0.15, 0.2) is 0 Å². The second-order valence-corrected chi connectivity index (χ2v) is 7.74. The van der Waals surface area contributed by atoms with Crippen molar-refractivity contribution in [3.63, 3.8) is 0 Å². The summed E-state index contributed by atoms with van der Waals surface area (Å²) < 4.78 is 5.75. The number of rotatable bonds is 6. The lowest BCUT2D eigenvalue weighted by Gasteiger charge is -2.35. The van der Waals surface area contributed by atoms with E-state index in [0.717, 1.165) is 40.8 Å². The van der Waals surface area contributed by atoms with Crippen molar-refractivity contribution in [2.45, 2.75) is 6.61 Å². The fourth-order valence-corrected chi connectivity index (χ4v) is 3.63. The predicted molar refractivity (Wildman–Crippen MR) is 124 cm³/mol. The number of carbonyl (C=O) groups excluding carboxylic acids is 1. The summed E-state index contributed by atoms with van der Waals surface area (Å²) in [6.07, 6.45) is 5.23. The number of hydrogen-bond donors (Lipinski definition) is 0. The molecular formula is C25H24ClN3O2. The first-order valence-electron chi connectivity index (χ1n) is 10.3. The maximum Gasteiger partial charge on any atom is 0.246 e. The van der Waals surface area contributed by atoms with Gasteiger partial charge >= 0.3 is 0 Å². The van der Waals surface area contributed by atoms with E-state index < -0.39 is 0 Å². The number of ether oxygens (including phenoxy) is 1. The topological polar surface area (TPSA) is 45.7 Å². The fraction of sp³-hybridized carbons (Fsp3) is 0.200. The van der Waals surface area contributed by atoms with Crippen LogP contribution >= 0.6 is 11.6 Å². The first-order valence-corrected chi connectivity index (χ1v) is 10.7. The number of piperazine rings is 1. The quantitative estimate of drug-likeness (QED) is 0.530. The van der Waals surface area contributed by atoms with E-state index in [9.17, 15) is 4.79 Å². The second kappa shape index (κ2) is 10.1. The summed E-state index contributed by atoms with van der Waals surface area (Å²) in [5, 5.41) is 0.729. The predicted octanol–water partition coefficient (Wildman–Crippen LogP) is 4.68. The molecule has 6 heteroatoms. The molecule has 1 aliphatic heterocycles. The Kier molecular flexibility index (Phi) is 6.85. The highest BCUT2D eigenvalue weighted by atomic mass is 35.5. The zero-order valence-corrected chi connectivity index (χ0v) is 17.9. The molecule has 158 valence electrons. The Balaban J connectivity index is 1.26. The zero-order chi connectivity index (χ0) is 21.5. The van der Waals surface area contributed by atoms with Crippen LogP contribution in [0.4, 0.5) is 5.69 Å². The van der Waals surface area contributed by atoms with Crippen molar-refractivity contribution in [2.24, 2.45) is 0 Å². The van der Waals surface area contributed by atoms with E-state index in [0.29, 0.717) is 19.7 Å². The van der Waals surface area contributed by atoms with Gasteiger partial charge in [0.1, 0.15) is 12.4 Å². The summed E-state index contributed by atoms with van der Waals surface area (Å²) in [7, 11) is 0. The molecule has 0 bridgehead atoms. The molecule has 1 amide bonds. The third-order valence-electron chi connectivity index (χ3n) is 5.18. The Morgan fingerprint density at radius 1 is 1.00 bits per heavy atom. The standard InChI is InChI=1S/C25H24ClN3O2/c26-21-4-3-6-23(18-21)28-14-16-29(17-15-28)25(30)12-9-20-7-10-24(11-8-20)31-19-22-5-1-2-13-27-22/h1-13,18H,14-17,19H2/b12-9+. The van der Waals surface area contributed by atoms with Gasteiger partial charge in [0, 0.05) is 49.2 Å². The molecule has 1 fully saturated rings. The van der Waals surface area contributed by atoms with E-state index >= 15 is 0 Å². The molecule has 2 heterocycles. The molecule has 1 saturated heterocycles. The van der Waals surface area contributed by atoms with Crippen LogP contribution in [-0.2, 0) is 11.4 Å². The molecule has 0 atom stereocenters. The van der Waals surface area contributed by atoms with E-state index in [4.69, 9.17) is 16.3 Å². The second-order valence-electron chi connectivity index (χ2n) is 7.30. The van der Waals surface area contributed by atoms with Crippen LogP contribution in [0.3, 0.4) is 0 Å². The van der Waals surface area contributed by atoms with Crippen LogP contribution in [0.1, 0.15) is 11.3 Å². The van der Waals surface area contributed by atoms with Gasteiger partial charge in [-0.25, -0.2) is 0 Å². The van der Waals surface area contributed by atoms with Crippen LogP contribution in [0.25, 0.3) is 6.08 Å². The molecule has 1 aliphatic rings. The molecule has 0 radical (unpaired) electrons. The molecule has 0 N–H and O–H groups in total. The van der Waals surface area contributed by atoms with Gasteiger partial charge < -0.3 is 14.5 Å². The molecule has 2 aromatic carbocycles. The molecule has 1 aromatic heterocycles. The molecule has 0 saturated carbocycles. The van der Waals surface area contributed by atoms with Gasteiger partial charge in [-0.1, -0.05) is 35.9 Å². The van der Waals surface area contributed by atoms with Crippen molar-refractivity contribution in [1.29, 1.82) is 0 Å². The average Bonchev–Trinajstić information content (AvgIpc) is 2.82. The van der Waals surface area contributed by atoms with Crippen molar-refractivity contribution in [3.05, 3.63) is 95.3 Å². The van der Waals surface area contributed by atoms with Gasteiger partial charge in [-0.2, -0.15) is 0 Å². The van der Waals surface area contributed by atoms with Crippen LogP contribution in [0.2, 0.25) is 5.02 Å². The average molecular weight is 434 g/mol. The highest BCUT2D eigenvalue weighted by molar-refractivity contribution is 6.30. The molecular weight excluding hydrogens is 410 g/mol. The lowest BCUT2D eigenvalue weighted by molar-refractivity contribution is -0.126. The van der Waals surface area contributed by atoms with Crippen molar-refractivity contribution < 1.29 is 9.53 Å². The molecule has 5 nitrogen and oxygen atoms in total. The summed E-state index contributed by atoms with van der Waals surface area (Å²) >= 11 is 6.09. The molecule has 3 aromatic rings. The lowest BCUT2D eigenvalue weighted by atomic mass is 10.2. The van der Waals surface area contributed by atoms with Crippen molar-refractivity contribution in [3.8, 4) is 5.75 Å². The van der Waals surface area contributed by atoms with Crippen molar-refractivity contribution >= 4 is 29.3 Å². The molecule has 31 heavy (non-hydrogen) atoms.